The Morgan fingerprint density at radius 2 is 1.73 bits per heavy atom. The van der Waals surface area contributed by atoms with Crippen LogP contribution in [0.3, 0.4) is 0 Å². The second-order valence-corrected chi connectivity index (χ2v) is 6.03. The number of alkyl halides is 3. The molecule has 0 spiro atoms. The smallest absolute Gasteiger partial charge is 0.416 e. The predicted molar refractivity (Wildman–Crippen MR) is 102 cm³/mol. The highest BCUT2D eigenvalue weighted by Crippen LogP contribution is 2.30. The molecule has 0 aliphatic heterocycles. The molecule has 0 bridgehead atoms. The molecule has 1 aromatic heterocycles. The number of hydrogen-bond donors (Lipinski definition) is 0. The first-order valence-electron chi connectivity index (χ1n) is 8.44. The number of allylic oxidation sites excluding steroid dienone is 1. The molecule has 2 aromatic carbocycles. The van der Waals surface area contributed by atoms with E-state index in [1.165, 1.54) is 30.3 Å². The third-order valence-corrected chi connectivity index (χ3v) is 3.99. The number of pyridine rings is 1. The van der Waals surface area contributed by atoms with Gasteiger partial charge in [-0.15, -0.1) is 0 Å². The largest absolute Gasteiger partial charge is 0.439 e. The first-order chi connectivity index (χ1) is 14.3. The van der Waals surface area contributed by atoms with Crippen LogP contribution in [0.2, 0.25) is 0 Å². The quantitative estimate of drug-likeness (QED) is 0.227. The van der Waals surface area contributed by atoms with Gasteiger partial charge >= 0.3 is 6.18 Å². The van der Waals surface area contributed by atoms with Crippen LogP contribution in [0.5, 0.6) is 11.6 Å². The number of nitro groups is 1. The minimum absolute atomic E-state index is 0.157. The number of nitriles is 1. The summed E-state index contributed by atoms with van der Waals surface area (Å²) in [6.07, 6.45) is -1.82. The Balaban J connectivity index is 1.75. The Morgan fingerprint density at radius 1 is 1.07 bits per heavy atom. The molecule has 0 saturated heterocycles. The monoisotopic (exact) mass is 411 g/mol. The number of ether oxygens (including phenoxy) is 1. The summed E-state index contributed by atoms with van der Waals surface area (Å²) in [5.41, 5.74) is 0.255. The van der Waals surface area contributed by atoms with Gasteiger partial charge in [0.1, 0.15) is 11.9 Å². The van der Waals surface area contributed by atoms with Crippen LogP contribution in [0.25, 0.3) is 11.6 Å². The number of rotatable bonds is 5. The SMILES string of the molecule is N#C/C(=C/c1ccc(Oc2ccc([N+](=O)[O-])cn2)cc1)c1ccc(C(F)(F)F)cc1. The fraction of sp³-hybridized carbons (Fsp3) is 0.0476. The first-order valence-corrected chi connectivity index (χ1v) is 8.44. The van der Waals surface area contributed by atoms with Crippen molar-refractivity contribution in [2.75, 3.05) is 0 Å². The standard InChI is InChI=1S/C21H12F3N3O3/c22-21(23,24)17-5-3-15(4-6-17)16(12-25)11-14-1-8-19(9-2-14)30-20-10-7-18(13-26-20)27(28)29/h1-11,13H/b16-11-. The Morgan fingerprint density at radius 3 is 2.23 bits per heavy atom. The lowest BCUT2D eigenvalue weighted by Crippen LogP contribution is -2.04. The summed E-state index contributed by atoms with van der Waals surface area (Å²) in [4.78, 5) is 13.9. The zero-order chi connectivity index (χ0) is 21.7. The van der Waals surface area contributed by atoms with Crippen LogP contribution < -0.4 is 4.74 Å². The summed E-state index contributed by atoms with van der Waals surface area (Å²) >= 11 is 0. The van der Waals surface area contributed by atoms with Gasteiger partial charge in [0.15, 0.2) is 0 Å². The summed E-state index contributed by atoms with van der Waals surface area (Å²) in [7, 11) is 0. The molecule has 0 saturated carbocycles. The molecule has 0 aliphatic rings. The molecule has 0 fully saturated rings. The van der Waals surface area contributed by atoms with E-state index in [-0.39, 0.29) is 17.1 Å². The lowest BCUT2D eigenvalue weighted by atomic mass is 10.0. The zero-order valence-electron chi connectivity index (χ0n) is 15.1. The molecule has 3 rings (SSSR count). The van der Waals surface area contributed by atoms with Crippen molar-refractivity contribution in [2.45, 2.75) is 6.18 Å². The molecule has 0 unspecified atom stereocenters. The lowest BCUT2D eigenvalue weighted by Gasteiger charge is -2.07. The number of aromatic nitrogens is 1. The van der Waals surface area contributed by atoms with E-state index in [1.807, 2.05) is 6.07 Å². The Labute approximate surface area is 168 Å². The van der Waals surface area contributed by atoms with E-state index in [4.69, 9.17) is 4.74 Å². The Kier molecular flexibility index (Phi) is 5.78. The van der Waals surface area contributed by atoms with Crippen molar-refractivity contribution in [1.29, 1.82) is 5.26 Å². The molecule has 9 heteroatoms. The van der Waals surface area contributed by atoms with Gasteiger partial charge in [-0.25, -0.2) is 4.98 Å². The maximum absolute atomic E-state index is 12.7. The fourth-order valence-electron chi connectivity index (χ4n) is 2.48. The van der Waals surface area contributed by atoms with Crippen molar-refractivity contribution < 1.29 is 22.8 Å². The van der Waals surface area contributed by atoms with Gasteiger partial charge in [0.25, 0.3) is 5.69 Å². The molecule has 0 radical (unpaired) electrons. The molecule has 0 amide bonds. The summed E-state index contributed by atoms with van der Waals surface area (Å²) in [6, 6.07) is 15.5. The van der Waals surface area contributed by atoms with Gasteiger partial charge in [0.05, 0.1) is 22.1 Å². The minimum Gasteiger partial charge on any atom is -0.439 e. The van der Waals surface area contributed by atoms with E-state index in [0.29, 0.717) is 16.9 Å². The van der Waals surface area contributed by atoms with Crippen LogP contribution in [-0.4, -0.2) is 9.91 Å². The predicted octanol–water partition coefficient (Wildman–Crippen LogP) is 5.87. The van der Waals surface area contributed by atoms with E-state index in [1.54, 1.807) is 24.3 Å². The van der Waals surface area contributed by atoms with Gasteiger partial charge in [-0.2, -0.15) is 18.4 Å². The first kappa shape index (κ1) is 20.5. The second kappa shape index (κ2) is 8.45. The average Bonchev–Trinajstić information content (AvgIpc) is 2.73. The molecule has 0 atom stereocenters. The van der Waals surface area contributed by atoms with Crippen LogP contribution in [-0.2, 0) is 6.18 Å². The van der Waals surface area contributed by atoms with Crippen molar-refractivity contribution in [3.05, 3.63) is 93.7 Å². The minimum atomic E-state index is -4.44. The zero-order valence-corrected chi connectivity index (χ0v) is 15.1. The highest BCUT2D eigenvalue weighted by atomic mass is 19.4. The molecule has 30 heavy (non-hydrogen) atoms. The molecular weight excluding hydrogens is 399 g/mol. The van der Waals surface area contributed by atoms with Crippen LogP contribution >= 0.6 is 0 Å². The summed E-state index contributed by atoms with van der Waals surface area (Å²) < 4.78 is 43.5. The summed E-state index contributed by atoms with van der Waals surface area (Å²) in [5.74, 6) is 0.591. The van der Waals surface area contributed by atoms with Gasteiger partial charge in [-0.05, 0) is 41.5 Å². The van der Waals surface area contributed by atoms with Gasteiger partial charge in [-0.1, -0.05) is 24.3 Å². The van der Waals surface area contributed by atoms with Crippen LogP contribution in [0.4, 0.5) is 18.9 Å². The second-order valence-electron chi connectivity index (χ2n) is 6.03. The van der Waals surface area contributed by atoms with E-state index < -0.39 is 16.7 Å². The average molecular weight is 411 g/mol. The Bertz CT molecular complexity index is 1120. The highest BCUT2D eigenvalue weighted by molar-refractivity contribution is 5.89. The molecule has 0 aliphatic carbocycles. The third-order valence-electron chi connectivity index (χ3n) is 3.99. The van der Waals surface area contributed by atoms with Crippen molar-refractivity contribution >= 4 is 17.3 Å². The van der Waals surface area contributed by atoms with Crippen molar-refractivity contribution in [1.82, 2.24) is 4.98 Å². The van der Waals surface area contributed by atoms with E-state index in [0.717, 1.165) is 18.3 Å². The Hall–Kier alpha value is -4.19. The lowest BCUT2D eigenvalue weighted by molar-refractivity contribution is -0.385. The van der Waals surface area contributed by atoms with Crippen LogP contribution in [0.15, 0.2) is 66.9 Å². The van der Waals surface area contributed by atoms with Crippen LogP contribution in [0.1, 0.15) is 16.7 Å². The third kappa shape index (κ3) is 4.99. The highest BCUT2D eigenvalue weighted by Gasteiger charge is 2.30. The summed E-state index contributed by atoms with van der Waals surface area (Å²) in [5, 5.41) is 20.0. The van der Waals surface area contributed by atoms with E-state index >= 15 is 0 Å². The molecular formula is C21H12F3N3O3. The van der Waals surface area contributed by atoms with Gasteiger partial charge in [0, 0.05) is 12.1 Å². The van der Waals surface area contributed by atoms with E-state index in [9.17, 15) is 28.5 Å². The number of nitrogens with zero attached hydrogens (tertiary/aromatic N) is 3. The number of hydrogen-bond acceptors (Lipinski definition) is 5. The van der Waals surface area contributed by atoms with Crippen molar-refractivity contribution in [3.63, 3.8) is 0 Å². The van der Waals surface area contributed by atoms with E-state index in [2.05, 4.69) is 4.98 Å². The van der Waals surface area contributed by atoms with Gasteiger partial charge in [0.2, 0.25) is 5.88 Å². The number of halogens is 3. The molecule has 3 aromatic rings. The maximum Gasteiger partial charge on any atom is 0.416 e. The number of benzene rings is 2. The molecule has 150 valence electrons. The van der Waals surface area contributed by atoms with Crippen molar-refractivity contribution in [2.24, 2.45) is 0 Å². The maximum atomic E-state index is 12.7. The van der Waals surface area contributed by atoms with Crippen molar-refractivity contribution in [3.8, 4) is 17.7 Å². The fourth-order valence-corrected chi connectivity index (χ4v) is 2.48. The normalized spacial score (nSPS) is 11.6. The molecule has 6 nitrogen and oxygen atoms in total. The summed E-state index contributed by atoms with van der Waals surface area (Å²) in [6.45, 7) is 0. The van der Waals surface area contributed by atoms with Gasteiger partial charge < -0.3 is 4.74 Å². The van der Waals surface area contributed by atoms with Crippen LogP contribution in [0, 0.1) is 21.4 Å². The topological polar surface area (TPSA) is 89.0 Å². The molecule has 1 heterocycles. The van der Waals surface area contributed by atoms with Gasteiger partial charge in [-0.3, -0.25) is 10.1 Å². The molecule has 0 N–H and O–H groups in total.